The lowest BCUT2D eigenvalue weighted by Gasteiger charge is -2.36. The van der Waals surface area contributed by atoms with Crippen molar-refractivity contribution >= 4 is 29.6 Å². The zero-order valence-electron chi connectivity index (χ0n) is 23.8. The SMILES string of the molecule is CCC(NC(=O)OC(C)(C)C)C1CCC(C(=O)N2CC[C@H](C)[C@H]2C(=O)Nc2ccc(C(=O)OC)cc2F)CC1. The summed E-state index contributed by atoms with van der Waals surface area (Å²) in [4.78, 5) is 52.3. The second kappa shape index (κ2) is 12.8. The van der Waals surface area contributed by atoms with Crippen LogP contribution in [-0.4, -0.2) is 60.1 Å². The number of nitrogens with one attached hydrogen (secondary N) is 2. The molecular weight excluding hydrogens is 505 g/mol. The van der Waals surface area contributed by atoms with E-state index in [2.05, 4.69) is 15.4 Å². The molecule has 1 unspecified atom stereocenters. The van der Waals surface area contributed by atoms with Gasteiger partial charge in [0.1, 0.15) is 17.5 Å². The van der Waals surface area contributed by atoms with Crippen LogP contribution < -0.4 is 10.6 Å². The molecule has 0 aromatic heterocycles. The molecule has 0 spiro atoms. The Hall–Kier alpha value is -3.17. The van der Waals surface area contributed by atoms with Gasteiger partial charge in [-0.3, -0.25) is 9.59 Å². The quantitative estimate of drug-likeness (QED) is 0.470. The highest BCUT2D eigenvalue weighted by atomic mass is 19.1. The Labute approximate surface area is 230 Å². The van der Waals surface area contributed by atoms with Crippen LogP contribution in [0.2, 0.25) is 0 Å². The molecule has 3 rings (SSSR count). The van der Waals surface area contributed by atoms with Gasteiger partial charge in [0.05, 0.1) is 18.4 Å². The molecule has 1 aromatic rings. The van der Waals surface area contributed by atoms with Crippen LogP contribution in [0, 0.1) is 23.6 Å². The van der Waals surface area contributed by atoms with E-state index in [4.69, 9.17) is 4.74 Å². The zero-order valence-corrected chi connectivity index (χ0v) is 23.8. The molecule has 10 heteroatoms. The van der Waals surface area contributed by atoms with Crippen LogP contribution in [0.4, 0.5) is 14.9 Å². The van der Waals surface area contributed by atoms with Crippen LogP contribution in [0.3, 0.4) is 0 Å². The van der Waals surface area contributed by atoms with Gasteiger partial charge in [-0.05, 0) is 89.3 Å². The van der Waals surface area contributed by atoms with Gasteiger partial charge in [0.15, 0.2) is 0 Å². The number of anilines is 1. The lowest BCUT2D eigenvalue weighted by atomic mass is 9.77. The van der Waals surface area contributed by atoms with Crippen LogP contribution in [0.5, 0.6) is 0 Å². The van der Waals surface area contributed by atoms with E-state index in [1.54, 1.807) is 4.90 Å². The molecular formula is C29H42FN3O6. The fourth-order valence-electron chi connectivity index (χ4n) is 5.68. The topological polar surface area (TPSA) is 114 Å². The number of rotatable bonds is 7. The molecule has 2 fully saturated rings. The Morgan fingerprint density at radius 3 is 2.33 bits per heavy atom. The molecule has 3 atom stereocenters. The maximum atomic E-state index is 14.6. The van der Waals surface area contributed by atoms with Gasteiger partial charge in [-0.1, -0.05) is 13.8 Å². The second-order valence-electron chi connectivity index (χ2n) is 11.7. The minimum atomic E-state index is -0.751. The number of carbonyl (C=O) groups excluding carboxylic acids is 4. The van der Waals surface area contributed by atoms with Crippen molar-refractivity contribution in [2.24, 2.45) is 17.8 Å². The van der Waals surface area contributed by atoms with E-state index in [1.165, 1.54) is 19.2 Å². The summed E-state index contributed by atoms with van der Waals surface area (Å²) in [5.74, 6) is -1.94. The number of carbonyl (C=O) groups is 4. The fourth-order valence-corrected chi connectivity index (χ4v) is 5.68. The van der Waals surface area contributed by atoms with Crippen LogP contribution in [0.15, 0.2) is 18.2 Å². The number of ether oxygens (including phenoxy) is 2. The molecule has 2 N–H and O–H groups in total. The van der Waals surface area contributed by atoms with Crippen LogP contribution >= 0.6 is 0 Å². The molecule has 39 heavy (non-hydrogen) atoms. The first-order chi connectivity index (χ1) is 18.3. The number of alkyl carbamates (subject to hydrolysis) is 1. The highest BCUT2D eigenvalue weighted by molar-refractivity contribution is 5.98. The largest absolute Gasteiger partial charge is 0.465 e. The summed E-state index contributed by atoms with van der Waals surface area (Å²) in [5, 5.41) is 5.60. The first kappa shape index (κ1) is 30.4. The number of amides is 3. The van der Waals surface area contributed by atoms with E-state index in [0.717, 1.165) is 25.3 Å². The highest BCUT2D eigenvalue weighted by Crippen LogP contribution is 2.35. The van der Waals surface area contributed by atoms with Gasteiger partial charge in [-0.15, -0.1) is 0 Å². The number of esters is 1. The molecule has 216 valence electrons. The molecule has 1 aliphatic heterocycles. The third kappa shape index (κ3) is 7.70. The molecule has 9 nitrogen and oxygen atoms in total. The summed E-state index contributed by atoms with van der Waals surface area (Å²) >= 11 is 0. The predicted molar refractivity (Wildman–Crippen MR) is 145 cm³/mol. The van der Waals surface area contributed by atoms with Crippen LogP contribution in [0.25, 0.3) is 0 Å². The minimum absolute atomic E-state index is 0.0262. The van der Waals surface area contributed by atoms with E-state index < -0.39 is 35.4 Å². The molecule has 1 saturated heterocycles. The third-order valence-corrected chi connectivity index (χ3v) is 7.73. The van der Waals surface area contributed by atoms with Gasteiger partial charge >= 0.3 is 12.1 Å². The monoisotopic (exact) mass is 547 g/mol. The number of likely N-dealkylation sites (tertiary alicyclic amines) is 1. The van der Waals surface area contributed by atoms with Crippen molar-refractivity contribution in [3.05, 3.63) is 29.6 Å². The van der Waals surface area contributed by atoms with Gasteiger partial charge in [-0.2, -0.15) is 0 Å². The fraction of sp³-hybridized carbons (Fsp3) is 0.655. The number of benzene rings is 1. The summed E-state index contributed by atoms with van der Waals surface area (Å²) < 4.78 is 24.6. The average Bonchev–Trinajstić information content (AvgIpc) is 3.27. The maximum absolute atomic E-state index is 14.6. The number of halogens is 1. The summed E-state index contributed by atoms with van der Waals surface area (Å²) in [6.07, 6.45) is 3.97. The number of hydrogen-bond acceptors (Lipinski definition) is 6. The minimum Gasteiger partial charge on any atom is -0.465 e. The Morgan fingerprint density at radius 1 is 1.10 bits per heavy atom. The smallest absolute Gasteiger partial charge is 0.407 e. The highest BCUT2D eigenvalue weighted by Gasteiger charge is 2.43. The van der Waals surface area contributed by atoms with E-state index in [1.807, 2.05) is 34.6 Å². The summed E-state index contributed by atoms with van der Waals surface area (Å²) in [7, 11) is 1.21. The number of hydrogen-bond donors (Lipinski definition) is 2. The molecule has 3 amide bonds. The van der Waals surface area contributed by atoms with Gasteiger partial charge < -0.3 is 25.0 Å². The Kier molecular flexibility index (Phi) is 9.96. The second-order valence-corrected chi connectivity index (χ2v) is 11.7. The van der Waals surface area contributed by atoms with Gasteiger partial charge in [0, 0.05) is 18.5 Å². The predicted octanol–water partition coefficient (Wildman–Crippen LogP) is 4.90. The molecule has 0 radical (unpaired) electrons. The Morgan fingerprint density at radius 2 is 1.77 bits per heavy atom. The lowest BCUT2D eigenvalue weighted by Crippen LogP contribution is -2.49. The number of nitrogens with zero attached hydrogens (tertiary/aromatic N) is 1. The van der Waals surface area contributed by atoms with Crippen molar-refractivity contribution in [2.45, 2.75) is 90.8 Å². The zero-order chi connectivity index (χ0) is 28.9. The van der Waals surface area contributed by atoms with Crippen molar-refractivity contribution in [3.63, 3.8) is 0 Å². The van der Waals surface area contributed by atoms with Gasteiger partial charge in [0.2, 0.25) is 11.8 Å². The van der Waals surface area contributed by atoms with Crippen LogP contribution in [0.1, 0.15) is 83.5 Å². The molecule has 1 saturated carbocycles. The van der Waals surface area contributed by atoms with Gasteiger partial charge in [-0.25, -0.2) is 14.0 Å². The van der Waals surface area contributed by atoms with Crippen molar-refractivity contribution in [2.75, 3.05) is 19.0 Å². The van der Waals surface area contributed by atoms with E-state index in [0.29, 0.717) is 25.8 Å². The van der Waals surface area contributed by atoms with Crippen molar-refractivity contribution in [3.8, 4) is 0 Å². The Balaban J connectivity index is 1.60. The lowest BCUT2D eigenvalue weighted by molar-refractivity contribution is -0.142. The van der Waals surface area contributed by atoms with Gasteiger partial charge in [0.25, 0.3) is 0 Å². The Bertz CT molecular complexity index is 1060. The molecule has 1 heterocycles. The van der Waals surface area contributed by atoms with Crippen molar-refractivity contribution < 1.29 is 33.0 Å². The first-order valence-electron chi connectivity index (χ1n) is 13.8. The van der Waals surface area contributed by atoms with Crippen molar-refractivity contribution in [1.29, 1.82) is 0 Å². The standard InChI is InChI=1S/C29H42FN3O6/c1-7-22(32-28(37)39-29(3,4)5)18-8-10-19(11-9-18)26(35)33-15-14-17(2)24(33)25(34)31-23-13-12-20(16-21(23)30)27(36)38-6/h12-13,16-19,22,24H,7-11,14-15H2,1-6H3,(H,31,34)(H,32,37)/t17-,18?,19?,22?,24-/m0/s1. The molecule has 1 aromatic carbocycles. The summed E-state index contributed by atoms with van der Waals surface area (Å²) in [5.41, 5.74) is -0.579. The van der Waals surface area contributed by atoms with Crippen LogP contribution in [-0.2, 0) is 19.1 Å². The molecule has 0 bridgehead atoms. The van der Waals surface area contributed by atoms with E-state index in [9.17, 15) is 23.6 Å². The molecule has 2 aliphatic rings. The maximum Gasteiger partial charge on any atom is 0.407 e. The normalized spacial score (nSPS) is 24.0. The average molecular weight is 548 g/mol. The summed E-state index contributed by atoms with van der Waals surface area (Å²) in [6.45, 7) is 9.90. The molecule has 1 aliphatic carbocycles. The summed E-state index contributed by atoms with van der Waals surface area (Å²) in [6, 6.07) is 2.99. The number of methoxy groups -OCH3 is 1. The third-order valence-electron chi connectivity index (χ3n) is 7.73. The van der Waals surface area contributed by atoms with E-state index >= 15 is 0 Å². The van der Waals surface area contributed by atoms with E-state index in [-0.39, 0.29) is 41.0 Å². The first-order valence-corrected chi connectivity index (χ1v) is 13.8. The van der Waals surface area contributed by atoms with Crippen molar-refractivity contribution in [1.82, 2.24) is 10.2 Å².